The van der Waals surface area contributed by atoms with Crippen molar-refractivity contribution < 1.29 is 9.32 Å². The van der Waals surface area contributed by atoms with Crippen LogP contribution in [0.5, 0.6) is 0 Å². The van der Waals surface area contributed by atoms with Crippen LogP contribution < -0.4 is 5.32 Å². The summed E-state index contributed by atoms with van der Waals surface area (Å²) in [5.41, 5.74) is 1.86. The van der Waals surface area contributed by atoms with Crippen LogP contribution >= 0.6 is 11.6 Å². The highest BCUT2D eigenvalue weighted by atomic mass is 35.5. The molecule has 3 aromatic heterocycles. The molecule has 0 saturated heterocycles. The predicted molar refractivity (Wildman–Crippen MR) is 111 cm³/mol. The Hall–Kier alpha value is -3.52. The molecule has 4 rings (SSSR count). The van der Waals surface area contributed by atoms with Crippen molar-refractivity contribution in [2.75, 3.05) is 0 Å². The second-order valence-electron chi connectivity index (χ2n) is 6.61. The number of hydrogen-bond acceptors (Lipinski definition) is 6. The molecule has 0 fully saturated rings. The van der Waals surface area contributed by atoms with Crippen LogP contribution in [0.15, 0.2) is 59.6 Å². The number of halogens is 1. The Balaban J connectivity index is 1.48. The van der Waals surface area contributed by atoms with Gasteiger partial charge in [-0.1, -0.05) is 41.9 Å². The summed E-state index contributed by atoms with van der Waals surface area (Å²) in [4.78, 5) is 25.4. The average molecular weight is 423 g/mol. The van der Waals surface area contributed by atoms with E-state index < -0.39 is 0 Å². The molecule has 1 aromatic carbocycles. The Morgan fingerprint density at radius 2 is 2.10 bits per heavy atom. The smallest absolute Gasteiger partial charge is 0.271 e. The molecule has 152 valence electrons. The zero-order valence-electron chi connectivity index (χ0n) is 16.2. The van der Waals surface area contributed by atoms with E-state index in [9.17, 15) is 4.79 Å². The molecule has 30 heavy (non-hydrogen) atoms. The fraction of sp³-hybridized carbons (Fsp3) is 0.190. The van der Waals surface area contributed by atoms with Crippen LogP contribution in [-0.4, -0.2) is 30.6 Å². The molecule has 0 saturated carbocycles. The van der Waals surface area contributed by atoms with Crippen molar-refractivity contribution in [2.24, 2.45) is 0 Å². The minimum absolute atomic E-state index is 0.275. The van der Waals surface area contributed by atoms with Crippen LogP contribution in [0.3, 0.4) is 0 Å². The number of amides is 1. The number of carbonyl (C=O) groups is 1. The monoisotopic (exact) mass is 422 g/mol. The Kier molecular flexibility index (Phi) is 5.85. The number of benzene rings is 1. The topological polar surface area (TPSA) is 98.7 Å². The van der Waals surface area contributed by atoms with E-state index in [1.165, 1.54) is 6.33 Å². The molecule has 9 heteroatoms. The SMILES string of the molecule is CCCc1noc(-c2ccnc(-n3cnc(C(=O)NCc4ccccc4Cl)c3)c2)n1. The van der Waals surface area contributed by atoms with Gasteiger partial charge in [0.2, 0.25) is 0 Å². The lowest BCUT2D eigenvalue weighted by molar-refractivity contribution is 0.0946. The van der Waals surface area contributed by atoms with Gasteiger partial charge in [-0.15, -0.1) is 0 Å². The lowest BCUT2D eigenvalue weighted by Gasteiger charge is -2.05. The highest BCUT2D eigenvalue weighted by Gasteiger charge is 2.13. The van der Waals surface area contributed by atoms with E-state index in [4.69, 9.17) is 16.1 Å². The molecule has 0 bridgehead atoms. The first kappa shape index (κ1) is 19.8. The number of imidazole rings is 1. The van der Waals surface area contributed by atoms with E-state index in [1.807, 2.05) is 18.2 Å². The van der Waals surface area contributed by atoms with Crippen molar-refractivity contribution in [2.45, 2.75) is 26.3 Å². The molecule has 0 spiro atoms. The van der Waals surface area contributed by atoms with Crippen molar-refractivity contribution in [1.82, 2.24) is 30.0 Å². The van der Waals surface area contributed by atoms with E-state index in [0.29, 0.717) is 29.1 Å². The van der Waals surface area contributed by atoms with Crippen molar-refractivity contribution in [3.8, 4) is 17.3 Å². The number of aromatic nitrogens is 5. The summed E-state index contributed by atoms with van der Waals surface area (Å²) >= 11 is 6.13. The Labute approximate surface area is 177 Å². The van der Waals surface area contributed by atoms with Gasteiger partial charge in [0.25, 0.3) is 11.8 Å². The fourth-order valence-electron chi connectivity index (χ4n) is 2.86. The molecule has 8 nitrogen and oxygen atoms in total. The van der Waals surface area contributed by atoms with Crippen LogP contribution in [0.4, 0.5) is 0 Å². The predicted octanol–water partition coefficient (Wildman–Crippen LogP) is 3.85. The highest BCUT2D eigenvalue weighted by molar-refractivity contribution is 6.31. The maximum atomic E-state index is 12.4. The van der Waals surface area contributed by atoms with E-state index in [1.54, 1.807) is 35.2 Å². The van der Waals surface area contributed by atoms with E-state index in [-0.39, 0.29) is 11.6 Å². The molecule has 1 N–H and O–H groups in total. The Bertz CT molecular complexity index is 1170. The zero-order valence-corrected chi connectivity index (χ0v) is 17.0. The molecule has 0 atom stereocenters. The fourth-order valence-corrected chi connectivity index (χ4v) is 3.06. The summed E-state index contributed by atoms with van der Waals surface area (Å²) in [7, 11) is 0. The number of nitrogens with one attached hydrogen (secondary N) is 1. The summed E-state index contributed by atoms with van der Waals surface area (Å²) in [5.74, 6) is 1.39. The Morgan fingerprint density at radius 1 is 1.23 bits per heavy atom. The maximum Gasteiger partial charge on any atom is 0.271 e. The van der Waals surface area contributed by atoms with Gasteiger partial charge in [-0.3, -0.25) is 9.36 Å². The van der Waals surface area contributed by atoms with Crippen LogP contribution in [0, 0.1) is 0 Å². The van der Waals surface area contributed by atoms with Crippen molar-refractivity contribution in [3.05, 3.63) is 77.2 Å². The van der Waals surface area contributed by atoms with Gasteiger partial charge in [0.1, 0.15) is 17.8 Å². The molecule has 1 amide bonds. The number of hydrogen-bond donors (Lipinski definition) is 1. The average Bonchev–Trinajstić information content (AvgIpc) is 3.44. The summed E-state index contributed by atoms with van der Waals surface area (Å²) in [6.07, 6.45) is 6.50. The highest BCUT2D eigenvalue weighted by Crippen LogP contribution is 2.20. The first-order valence-electron chi connectivity index (χ1n) is 9.49. The van der Waals surface area contributed by atoms with Crippen molar-refractivity contribution in [1.29, 1.82) is 0 Å². The van der Waals surface area contributed by atoms with Gasteiger partial charge in [0.15, 0.2) is 5.82 Å². The standard InChI is InChI=1S/C21H19ClN6O2/c1-2-5-18-26-21(30-27-18)14-8-9-23-19(10-14)28-12-17(25-13-28)20(29)24-11-15-6-3-4-7-16(15)22/h3-4,6-10,12-13H,2,5,11H2,1H3,(H,24,29). The third-order valence-corrected chi connectivity index (χ3v) is 4.78. The molecule has 0 aliphatic rings. The third kappa shape index (κ3) is 4.38. The van der Waals surface area contributed by atoms with Gasteiger partial charge in [-0.2, -0.15) is 4.98 Å². The normalized spacial score (nSPS) is 10.9. The quantitative estimate of drug-likeness (QED) is 0.485. The largest absolute Gasteiger partial charge is 0.347 e. The minimum atomic E-state index is -0.300. The molecular weight excluding hydrogens is 404 g/mol. The van der Waals surface area contributed by atoms with Gasteiger partial charge < -0.3 is 9.84 Å². The summed E-state index contributed by atoms with van der Waals surface area (Å²) in [6, 6.07) is 11.0. The number of rotatable bonds is 7. The van der Waals surface area contributed by atoms with Crippen LogP contribution in [0.25, 0.3) is 17.3 Å². The first-order valence-corrected chi connectivity index (χ1v) is 9.87. The lowest BCUT2D eigenvalue weighted by atomic mass is 10.2. The number of carbonyl (C=O) groups excluding carboxylic acids is 1. The van der Waals surface area contributed by atoms with Crippen molar-refractivity contribution >= 4 is 17.5 Å². The molecule has 3 heterocycles. The van der Waals surface area contributed by atoms with Gasteiger partial charge in [0, 0.05) is 35.9 Å². The Morgan fingerprint density at radius 3 is 2.93 bits per heavy atom. The molecular formula is C21H19ClN6O2. The van der Waals surface area contributed by atoms with E-state index in [0.717, 1.165) is 24.0 Å². The number of pyridine rings is 1. The minimum Gasteiger partial charge on any atom is -0.347 e. The molecule has 4 aromatic rings. The molecule has 0 radical (unpaired) electrons. The van der Waals surface area contributed by atoms with Gasteiger partial charge in [-0.05, 0) is 30.2 Å². The molecule has 0 aliphatic carbocycles. The van der Waals surface area contributed by atoms with E-state index >= 15 is 0 Å². The van der Waals surface area contributed by atoms with Gasteiger partial charge in [0.05, 0.1) is 0 Å². The zero-order chi connectivity index (χ0) is 20.9. The van der Waals surface area contributed by atoms with E-state index in [2.05, 4.69) is 32.3 Å². The van der Waals surface area contributed by atoms with Crippen molar-refractivity contribution in [3.63, 3.8) is 0 Å². The summed E-state index contributed by atoms with van der Waals surface area (Å²) < 4.78 is 7.00. The number of aryl methyl sites for hydroxylation is 1. The van der Waals surface area contributed by atoms with Gasteiger partial charge >= 0.3 is 0 Å². The second kappa shape index (κ2) is 8.87. The molecule has 0 unspecified atom stereocenters. The first-order chi connectivity index (χ1) is 14.6. The third-order valence-electron chi connectivity index (χ3n) is 4.41. The van der Waals surface area contributed by atoms with Crippen LogP contribution in [0.1, 0.15) is 35.2 Å². The summed E-state index contributed by atoms with van der Waals surface area (Å²) in [5, 5.41) is 7.40. The van der Waals surface area contributed by atoms with Gasteiger partial charge in [-0.25, -0.2) is 9.97 Å². The number of nitrogens with zero attached hydrogens (tertiary/aromatic N) is 5. The molecule has 0 aliphatic heterocycles. The van der Waals surface area contributed by atoms with Crippen LogP contribution in [0.2, 0.25) is 5.02 Å². The summed E-state index contributed by atoms with van der Waals surface area (Å²) in [6.45, 7) is 2.37. The lowest BCUT2D eigenvalue weighted by Crippen LogP contribution is -2.23. The van der Waals surface area contributed by atoms with Crippen LogP contribution in [-0.2, 0) is 13.0 Å². The maximum absolute atomic E-state index is 12.4. The second-order valence-corrected chi connectivity index (χ2v) is 7.02.